The summed E-state index contributed by atoms with van der Waals surface area (Å²) in [6.07, 6.45) is 12.0. The summed E-state index contributed by atoms with van der Waals surface area (Å²) in [5, 5.41) is 10.2. The van der Waals surface area contributed by atoms with E-state index in [1.165, 1.54) is 44.9 Å². The molecule has 2 aliphatic carbocycles. The second-order valence-corrected chi connectivity index (χ2v) is 5.93. The zero-order valence-electron chi connectivity index (χ0n) is 10.9. The van der Waals surface area contributed by atoms with Crippen molar-refractivity contribution in [3.05, 3.63) is 0 Å². The van der Waals surface area contributed by atoms with Crippen molar-refractivity contribution >= 4 is 5.78 Å². The van der Waals surface area contributed by atoms with Gasteiger partial charge in [-0.15, -0.1) is 0 Å². The van der Waals surface area contributed by atoms with E-state index in [1.807, 2.05) is 0 Å². The largest absolute Gasteiger partial charge is 0.385 e. The second-order valence-electron chi connectivity index (χ2n) is 5.93. The van der Waals surface area contributed by atoms with Crippen LogP contribution in [0.5, 0.6) is 0 Å². The van der Waals surface area contributed by atoms with E-state index in [9.17, 15) is 9.90 Å². The van der Waals surface area contributed by atoms with E-state index >= 15 is 0 Å². The van der Waals surface area contributed by atoms with Crippen molar-refractivity contribution in [3.63, 3.8) is 0 Å². The second kappa shape index (κ2) is 6.53. The van der Waals surface area contributed by atoms with E-state index in [0.29, 0.717) is 0 Å². The zero-order valence-corrected chi connectivity index (χ0v) is 10.9. The van der Waals surface area contributed by atoms with Gasteiger partial charge >= 0.3 is 0 Å². The minimum absolute atomic E-state index is 0.162. The summed E-state index contributed by atoms with van der Waals surface area (Å²) in [6.45, 7) is 0. The van der Waals surface area contributed by atoms with Crippen molar-refractivity contribution in [1.29, 1.82) is 0 Å². The molecule has 2 saturated carbocycles. The highest BCUT2D eigenvalue weighted by atomic mass is 16.3. The Labute approximate surface area is 105 Å². The molecule has 0 aromatic rings. The lowest BCUT2D eigenvalue weighted by Gasteiger charge is -2.28. The van der Waals surface area contributed by atoms with Crippen LogP contribution in [0.3, 0.4) is 0 Å². The van der Waals surface area contributed by atoms with Gasteiger partial charge in [0, 0.05) is 5.92 Å². The van der Waals surface area contributed by atoms with Crippen molar-refractivity contribution in [2.24, 2.45) is 11.8 Å². The Kier molecular flexibility index (Phi) is 5.02. The van der Waals surface area contributed by atoms with Crippen LogP contribution in [-0.4, -0.2) is 17.0 Å². The van der Waals surface area contributed by atoms with Gasteiger partial charge in [0.15, 0.2) is 5.78 Å². The van der Waals surface area contributed by atoms with Gasteiger partial charge in [0.2, 0.25) is 0 Å². The van der Waals surface area contributed by atoms with Crippen LogP contribution in [0.1, 0.15) is 70.6 Å². The summed E-state index contributed by atoms with van der Waals surface area (Å²) in [6, 6.07) is 0. The number of ketones is 1. The standard InChI is InChI=1S/C15H26O2/c16-14(12-8-4-1-2-5-9-12)15(17)13-10-6-3-7-11-13/h12-13,15,17H,1-11H2. The van der Waals surface area contributed by atoms with Gasteiger partial charge in [-0.25, -0.2) is 0 Å². The van der Waals surface area contributed by atoms with Crippen molar-refractivity contribution in [3.8, 4) is 0 Å². The zero-order chi connectivity index (χ0) is 12.1. The van der Waals surface area contributed by atoms with E-state index < -0.39 is 6.10 Å². The van der Waals surface area contributed by atoms with Gasteiger partial charge in [0.1, 0.15) is 6.10 Å². The average molecular weight is 238 g/mol. The van der Waals surface area contributed by atoms with Crippen LogP contribution in [0.2, 0.25) is 0 Å². The van der Waals surface area contributed by atoms with Gasteiger partial charge in [-0.2, -0.15) is 0 Å². The molecule has 0 saturated heterocycles. The predicted molar refractivity (Wildman–Crippen MR) is 68.8 cm³/mol. The molecule has 0 aliphatic heterocycles. The highest BCUT2D eigenvalue weighted by molar-refractivity contribution is 5.85. The number of Topliss-reactive ketones (excluding diaryl/α,β-unsaturated/α-hetero) is 1. The van der Waals surface area contributed by atoms with Gasteiger partial charge in [-0.1, -0.05) is 44.9 Å². The monoisotopic (exact) mass is 238 g/mol. The van der Waals surface area contributed by atoms with E-state index in [1.54, 1.807) is 0 Å². The highest BCUT2D eigenvalue weighted by Gasteiger charge is 2.32. The molecule has 0 aromatic carbocycles. The van der Waals surface area contributed by atoms with Crippen LogP contribution in [0.15, 0.2) is 0 Å². The molecule has 1 unspecified atom stereocenters. The SMILES string of the molecule is O=C(C1CCCCCC1)C(O)C1CCCCC1. The molecule has 17 heavy (non-hydrogen) atoms. The first-order chi connectivity index (χ1) is 8.29. The molecule has 0 aromatic heterocycles. The van der Waals surface area contributed by atoms with Crippen molar-refractivity contribution in [2.75, 3.05) is 0 Å². The summed E-state index contributed by atoms with van der Waals surface area (Å²) in [5.41, 5.74) is 0. The maximum Gasteiger partial charge on any atom is 0.164 e. The first-order valence-electron chi connectivity index (χ1n) is 7.51. The molecule has 0 amide bonds. The predicted octanol–water partition coefficient (Wildman–Crippen LogP) is 3.47. The van der Waals surface area contributed by atoms with Gasteiger partial charge < -0.3 is 5.11 Å². The normalized spacial score (nSPS) is 26.4. The molecule has 1 atom stereocenters. The molecule has 98 valence electrons. The third-order valence-electron chi connectivity index (χ3n) is 4.65. The van der Waals surface area contributed by atoms with Crippen LogP contribution in [0, 0.1) is 11.8 Å². The maximum atomic E-state index is 12.3. The Hall–Kier alpha value is -0.370. The van der Waals surface area contributed by atoms with E-state index in [-0.39, 0.29) is 17.6 Å². The third kappa shape index (κ3) is 3.54. The van der Waals surface area contributed by atoms with Crippen molar-refractivity contribution < 1.29 is 9.90 Å². The molecular weight excluding hydrogens is 212 g/mol. The van der Waals surface area contributed by atoms with E-state index in [0.717, 1.165) is 25.7 Å². The van der Waals surface area contributed by atoms with Crippen molar-refractivity contribution in [2.45, 2.75) is 76.7 Å². The Morgan fingerprint density at radius 3 is 1.88 bits per heavy atom. The molecule has 2 rings (SSSR count). The fraction of sp³-hybridized carbons (Fsp3) is 0.933. The Bertz CT molecular complexity index is 235. The molecule has 1 N–H and O–H groups in total. The fourth-order valence-electron chi connectivity index (χ4n) is 3.49. The van der Waals surface area contributed by atoms with E-state index in [4.69, 9.17) is 0 Å². The lowest BCUT2D eigenvalue weighted by molar-refractivity contribution is -0.135. The summed E-state index contributed by atoms with van der Waals surface area (Å²) in [5.74, 6) is 0.590. The molecule has 2 fully saturated rings. The number of aliphatic hydroxyl groups excluding tert-OH is 1. The smallest absolute Gasteiger partial charge is 0.164 e. The minimum Gasteiger partial charge on any atom is -0.385 e. The number of rotatable bonds is 3. The summed E-state index contributed by atoms with van der Waals surface area (Å²) >= 11 is 0. The number of aliphatic hydroxyl groups is 1. The first kappa shape index (κ1) is 13.1. The van der Waals surface area contributed by atoms with Crippen LogP contribution < -0.4 is 0 Å². The molecule has 0 heterocycles. The molecule has 2 heteroatoms. The van der Waals surface area contributed by atoms with Gasteiger partial charge in [0.05, 0.1) is 0 Å². The molecule has 0 spiro atoms. The van der Waals surface area contributed by atoms with Gasteiger partial charge in [0.25, 0.3) is 0 Å². The maximum absolute atomic E-state index is 12.3. The topological polar surface area (TPSA) is 37.3 Å². The number of carbonyl (C=O) groups is 1. The molecule has 2 nitrogen and oxygen atoms in total. The minimum atomic E-state index is -0.654. The average Bonchev–Trinajstić information content (AvgIpc) is 2.67. The van der Waals surface area contributed by atoms with Crippen LogP contribution >= 0.6 is 0 Å². The summed E-state index contributed by atoms with van der Waals surface area (Å²) < 4.78 is 0. The highest BCUT2D eigenvalue weighted by Crippen LogP contribution is 2.31. The molecule has 2 aliphatic rings. The lowest BCUT2D eigenvalue weighted by atomic mass is 9.80. The van der Waals surface area contributed by atoms with Crippen LogP contribution in [-0.2, 0) is 4.79 Å². The fourth-order valence-corrected chi connectivity index (χ4v) is 3.49. The summed E-state index contributed by atoms with van der Waals surface area (Å²) in [4.78, 5) is 12.3. The van der Waals surface area contributed by atoms with Crippen LogP contribution in [0.4, 0.5) is 0 Å². The Balaban J connectivity index is 1.88. The third-order valence-corrected chi connectivity index (χ3v) is 4.65. The van der Waals surface area contributed by atoms with Crippen LogP contribution in [0.25, 0.3) is 0 Å². The number of carbonyl (C=O) groups excluding carboxylic acids is 1. The Morgan fingerprint density at radius 1 is 0.824 bits per heavy atom. The molecule has 0 bridgehead atoms. The van der Waals surface area contributed by atoms with Gasteiger partial charge in [-0.05, 0) is 31.6 Å². The number of hydrogen-bond donors (Lipinski definition) is 1. The number of hydrogen-bond acceptors (Lipinski definition) is 2. The quantitative estimate of drug-likeness (QED) is 0.764. The van der Waals surface area contributed by atoms with Gasteiger partial charge in [-0.3, -0.25) is 4.79 Å². The lowest BCUT2D eigenvalue weighted by Crippen LogP contribution is -2.35. The molecule has 0 radical (unpaired) electrons. The van der Waals surface area contributed by atoms with E-state index in [2.05, 4.69) is 0 Å². The summed E-state index contributed by atoms with van der Waals surface area (Å²) in [7, 11) is 0. The first-order valence-corrected chi connectivity index (χ1v) is 7.51. The molecular formula is C15H26O2. The van der Waals surface area contributed by atoms with Crippen molar-refractivity contribution in [1.82, 2.24) is 0 Å². The Morgan fingerprint density at radius 2 is 1.29 bits per heavy atom.